The molecule has 0 aliphatic carbocycles. The van der Waals surface area contributed by atoms with Gasteiger partial charge in [0.15, 0.2) is 5.60 Å². The number of carboxylic acid groups (broad SMARTS) is 1. The molecule has 1 saturated heterocycles. The highest BCUT2D eigenvalue weighted by Crippen LogP contribution is 2.40. The molecule has 3 aromatic rings. The summed E-state index contributed by atoms with van der Waals surface area (Å²) in [5.41, 5.74) is 0.532. The molecule has 3 aromatic carbocycles. The lowest BCUT2D eigenvalue weighted by molar-refractivity contribution is -0.136. The molecule has 1 heterocycles. The van der Waals surface area contributed by atoms with Crippen molar-refractivity contribution in [2.24, 2.45) is 0 Å². The Balaban J connectivity index is 1.62. The lowest BCUT2D eigenvalue weighted by Crippen LogP contribution is -2.64. The van der Waals surface area contributed by atoms with E-state index in [-0.39, 0.29) is 30.8 Å². The van der Waals surface area contributed by atoms with Gasteiger partial charge in [-0.15, -0.1) is 0 Å². The largest absolute Gasteiger partial charge is 0.481 e. The van der Waals surface area contributed by atoms with Crippen LogP contribution in [0, 0.1) is 0 Å². The van der Waals surface area contributed by atoms with Crippen molar-refractivity contribution in [2.45, 2.75) is 23.3 Å². The smallest absolute Gasteiger partial charge is 0.303 e. The predicted octanol–water partition coefficient (Wildman–Crippen LogP) is 4.34. The molecule has 0 unspecified atom stereocenters. The van der Waals surface area contributed by atoms with Gasteiger partial charge in [0.25, 0.3) is 0 Å². The number of hydrogen-bond acceptors (Lipinski definition) is 4. The van der Waals surface area contributed by atoms with Gasteiger partial charge in [0.1, 0.15) is 5.75 Å². The molecular weight excluding hydrogens is 450 g/mol. The van der Waals surface area contributed by atoms with E-state index in [1.54, 1.807) is 42.5 Å². The summed E-state index contributed by atoms with van der Waals surface area (Å²) >= 11 is 5.98. The lowest BCUT2D eigenvalue weighted by atomic mass is 9.87. The number of hydrogen-bond donors (Lipinski definition) is 1. The zero-order valence-corrected chi connectivity index (χ0v) is 18.7. The van der Waals surface area contributed by atoms with Crippen LogP contribution in [0.4, 0.5) is 0 Å². The first kappa shape index (κ1) is 22.3. The molecule has 6 nitrogen and oxygen atoms in total. The SMILES string of the molecule is O=C(O)CCc1ccccc1S(=O)(=O)N1CC(Oc2ccc(Cl)cc2)(c2ccccc2)C1. The van der Waals surface area contributed by atoms with Gasteiger partial charge in [0.2, 0.25) is 10.0 Å². The van der Waals surface area contributed by atoms with Gasteiger partial charge in [0, 0.05) is 11.4 Å². The van der Waals surface area contributed by atoms with Crippen molar-refractivity contribution in [1.29, 1.82) is 0 Å². The Hall–Kier alpha value is -2.87. The van der Waals surface area contributed by atoms with Crippen molar-refractivity contribution in [3.63, 3.8) is 0 Å². The van der Waals surface area contributed by atoms with E-state index in [1.807, 2.05) is 30.3 Å². The number of halogens is 1. The van der Waals surface area contributed by atoms with E-state index in [2.05, 4.69) is 0 Å². The Labute approximate surface area is 192 Å². The Morgan fingerprint density at radius 3 is 2.25 bits per heavy atom. The van der Waals surface area contributed by atoms with Gasteiger partial charge >= 0.3 is 5.97 Å². The molecule has 0 atom stereocenters. The van der Waals surface area contributed by atoms with E-state index in [1.165, 1.54) is 10.4 Å². The van der Waals surface area contributed by atoms with E-state index >= 15 is 0 Å². The van der Waals surface area contributed by atoms with E-state index in [4.69, 9.17) is 21.4 Å². The predicted molar refractivity (Wildman–Crippen MR) is 121 cm³/mol. The minimum Gasteiger partial charge on any atom is -0.481 e. The van der Waals surface area contributed by atoms with E-state index in [0.29, 0.717) is 16.3 Å². The molecule has 32 heavy (non-hydrogen) atoms. The van der Waals surface area contributed by atoms with Crippen LogP contribution in [0.5, 0.6) is 5.75 Å². The number of aryl methyl sites for hydroxylation is 1. The van der Waals surface area contributed by atoms with Gasteiger partial charge in [-0.1, -0.05) is 60.1 Å². The summed E-state index contributed by atoms with van der Waals surface area (Å²) in [6.07, 6.45) is 0.00381. The maximum Gasteiger partial charge on any atom is 0.303 e. The maximum atomic E-state index is 13.4. The minimum atomic E-state index is -3.82. The van der Waals surface area contributed by atoms with Gasteiger partial charge < -0.3 is 9.84 Å². The van der Waals surface area contributed by atoms with Gasteiger partial charge in [-0.2, -0.15) is 4.31 Å². The molecule has 0 bridgehead atoms. The Morgan fingerprint density at radius 1 is 0.969 bits per heavy atom. The molecule has 0 spiro atoms. The van der Waals surface area contributed by atoms with Crippen LogP contribution in [-0.2, 0) is 26.8 Å². The molecule has 8 heteroatoms. The summed E-state index contributed by atoms with van der Waals surface area (Å²) in [5.74, 6) is -0.377. The topological polar surface area (TPSA) is 83.9 Å². The Bertz CT molecular complexity index is 1210. The van der Waals surface area contributed by atoms with Crippen LogP contribution in [-0.4, -0.2) is 36.9 Å². The van der Waals surface area contributed by atoms with Crippen LogP contribution in [0.15, 0.2) is 83.8 Å². The molecule has 4 rings (SSSR count). The highest BCUT2D eigenvalue weighted by molar-refractivity contribution is 7.89. The fourth-order valence-electron chi connectivity index (χ4n) is 3.81. The van der Waals surface area contributed by atoms with Crippen LogP contribution in [0.3, 0.4) is 0 Å². The average molecular weight is 472 g/mol. The van der Waals surface area contributed by atoms with Gasteiger partial charge in [-0.3, -0.25) is 4.79 Å². The second-order valence-electron chi connectivity index (χ2n) is 7.69. The number of rotatable bonds is 8. The van der Waals surface area contributed by atoms with Crippen molar-refractivity contribution in [3.05, 3.63) is 95.0 Å². The second kappa shape index (κ2) is 8.94. The highest BCUT2D eigenvalue weighted by Gasteiger charge is 2.52. The summed E-state index contributed by atoms with van der Waals surface area (Å²) in [5, 5.41) is 9.59. The number of carbonyl (C=O) groups is 1. The second-order valence-corrected chi connectivity index (χ2v) is 10.0. The summed E-state index contributed by atoms with van der Waals surface area (Å²) in [7, 11) is -3.82. The van der Waals surface area contributed by atoms with Crippen LogP contribution in [0.2, 0.25) is 5.02 Å². The summed E-state index contributed by atoms with van der Waals surface area (Å²) in [6.45, 7) is 0.268. The number of aliphatic carboxylic acids is 1. The monoisotopic (exact) mass is 471 g/mol. The molecule has 1 fully saturated rings. The molecule has 0 radical (unpaired) electrons. The third-order valence-electron chi connectivity index (χ3n) is 5.49. The third-order valence-corrected chi connectivity index (χ3v) is 7.63. The van der Waals surface area contributed by atoms with Crippen molar-refractivity contribution >= 4 is 27.6 Å². The standard InChI is InChI=1S/C24H22ClNO5S/c25-20-11-13-21(14-12-20)31-24(19-7-2-1-3-8-19)16-26(17-24)32(29,30)22-9-5-4-6-18(22)10-15-23(27)28/h1-9,11-14H,10,15-17H2,(H,27,28). The van der Waals surface area contributed by atoms with Gasteiger partial charge in [0.05, 0.1) is 18.0 Å². The highest BCUT2D eigenvalue weighted by atomic mass is 35.5. The fourth-order valence-corrected chi connectivity index (χ4v) is 5.73. The van der Waals surface area contributed by atoms with Gasteiger partial charge in [-0.25, -0.2) is 8.42 Å². The average Bonchev–Trinajstić information content (AvgIpc) is 2.76. The number of benzene rings is 3. The molecule has 166 valence electrons. The van der Waals surface area contributed by atoms with Crippen molar-refractivity contribution < 1.29 is 23.1 Å². The molecule has 1 aliphatic heterocycles. The number of sulfonamides is 1. The van der Waals surface area contributed by atoms with Crippen LogP contribution < -0.4 is 4.74 Å². The first-order valence-corrected chi connectivity index (χ1v) is 11.9. The van der Waals surface area contributed by atoms with E-state index in [0.717, 1.165) is 5.56 Å². The number of ether oxygens (including phenoxy) is 1. The molecular formula is C24H22ClNO5S. The van der Waals surface area contributed by atoms with Crippen molar-refractivity contribution in [1.82, 2.24) is 4.31 Å². The molecule has 0 aromatic heterocycles. The van der Waals surface area contributed by atoms with Crippen molar-refractivity contribution in [2.75, 3.05) is 13.1 Å². The first-order chi connectivity index (χ1) is 15.3. The van der Waals surface area contributed by atoms with Crippen LogP contribution >= 0.6 is 11.6 Å². The minimum absolute atomic E-state index is 0.134. The number of nitrogens with zero attached hydrogens (tertiary/aromatic N) is 1. The lowest BCUT2D eigenvalue weighted by Gasteiger charge is -2.49. The number of carboxylic acids is 1. The summed E-state index contributed by atoms with van der Waals surface area (Å²) in [6, 6.07) is 23.0. The quantitative estimate of drug-likeness (QED) is 0.528. The molecule has 0 amide bonds. The Kier molecular flexibility index (Phi) is 6.24. The first-order valence-electron chi connectivity index (χ1n) is 10.1. The molecule has 1 aliphatic rings. The zero-order chi connectivity index (χ0) is 22.8. The van der Waals surface area contributed by atoms with Crippen molar-refractivity contribution in [3.8, 4) is 5.75 Å². The summed E-state index contributed by atoms with van der Waals surface area (Å²) < 4.78 is 34.5. The maximum absolute atomic E-state index is 13.4. The normalized spacial score (nSPS) is 15.7. The van der Waals surface area contributed by atoms with E-state index < -0.39 is 21.6 Å². The molecule has 1 N–H and O–H groups in total. The third kappa shape index (κ3) is 4.50. The van der Waals surface area contributed by atoms with Crippen LogP contribution in [0.25, 0.3) is 0 Å². The van der Waals surface area contributed by atoms with Gasteiger partial charge in [-0.05, 0) is 47.9 Å². The summed E-state index contributed by atoms with van der Waals surface area (Å²) in [4.78, 5) is 11.1. The fraction of sp³-hybridized carbons (Fsp3) is 0.208. The van der Waals surface area contributed by atoms with E-state index in [9.17, 15) is 13.2 Å². The Morgan fingerprint density at radius 2 is 1.59 bits per heavy atom. The van der Waals surface area contributed by atoms with Crippen LogP contribution in [0.1, 0.15) is 17.5 Å². The zero-order valence-electron chi connectivity index (χ0n) is 17.1. The molecule has 0 saturated carbocycles.